The number of rotatable bonds is 5. The lowest BCUT2D eigenvalue weighted by Crippen LogP contribution is -2.52. The molecule has 2 aromatic rings. The lowest BCUT2D eigenvalue weighted by molar-refractivity contribution is -0.124. The second-order valence-electron chi connectivity index (χ2n) is 6.74. The van der Waals surface area contributed by atoms with Crippen LogP contribution in [0.1, 0.15) is 11.6 Å². The summed E-state index contributed by atoms with van der Waals surface area (Å²) in [4.78, 5) is 28.0. The van der Waals surface area contributed by atoms with Gasteiger partial charge < -0.3 is 16.0 Å². The van der Waals surface area contributed by atoms with E-state index in [1.807, 2.05) is 35.2 Å². The molecule has 0 aromatic heterocycles. The molecule has 1 aliphatic heterocycles. The van der Waals surface area contributed by atoms with Crippen molar-refractivity contribution in [2.75, 3.05) is 31.5 Å². The van der Waals surface area contributed by atoms with Gasteiger partial charge in [0.25, 0.3) is 0 Å². The number of nitrogens with one attached hydrogen (secondary N) is 1. The highest BCUT2D eigenvalue weighted by Gasteiger charge is 2.30. The summed E-state index contributed by atoms with van der Waals surface area (Å²) in [5.41, 5.74) is 6.90. The number of benzene rings is 2. The maximum Gasteiger partial charge on any atom is 0.321 e. The molecule has 29 heavy (non-hydrogen) atoms. The van der Waals surface area contributed by atoms with Crippen molar-refractivity contribution >= 4 is 27.6 Å². The predicted octanol–water partition coefficient (Wildman–Crippen LogP) is 0.710. The Labute approximate surface area is 169 Å². The predicted molar refractivity (Wildman–Crippen MR) is 108 cm³/mol. The number of nitrogens with two attached hydrogens (primary N) is 2. The van der Waals surface area contributed by atoms with Crippen molar-refractivity contribution in [2.24, 2.45) is 10.9 Å². The number of piperazine rings is 1. The number of sulfonamides is 1. The Morgan fingerprint density at radius 3 is 2.03 bits per heavy atom. The van der Waals surface area contributed by atoms with E-state index in [1.165, 1.54) is 24.3 Å². The zero-order valence-electron chi connectivity index (χ0n) is 15.7. The highest BCUT2D eigenvalue weighted by molar-refractivity contribution is 7.89. The molecule has 154 valence electrons. The molecule has 1 saturated heterocycles. The van der Waals surface area contributed by atoms with Gasteiger partial charge in [-0.3, -0.25) is 9.69 Å². The van der Waals surface area contributed by atoms with Gasteiger partial charge in [-0.1, -0.05) is 30.3 Å². The second kappa shape index (κ2) is 8.60. The molecule has 1 atom stereocenters. The number of primary sulfonamides is 1. The van der Waals surface area contributed by atoms with Crippen LogP contribution in [0.3, 0.4) is 0 Å². The fourth-order valence-corrected chi connectivity index (χ4v) is 3.82. The molecule has 2 aromatic carbocycles. The van der Waals surface area contributed by atoms with Gasteiger partial charge >= 0.3 is 6.03 Å². The van der Waals surface area contributed by atoms with Crippen LogP contribution in [0.15, 0.2) is 59.5 Å². The number of carbonyl (C=O) groups excluding carboxylic acids is 2. The standard InChI is InChI=1S/C19H23N5O4S/c20-18(25)17(14-4-2-1-3-5-14)23-10-12-24(13-11-23)19(26)22-15-6-8-16(9-7-15)29(21,27)28/h1-9,17H,10-13H2,(H2,20,25)(H,22,26)(H2,21,27,28)/t17-/m1/s1. The normalized spacial score (nSPS) is 16.2. The first-order valence-electron chi connectivity index (χ1n) is 9.03. The van der Waals surface area contributed by atoms with Crippen molar-refractivity contribution in [3.8, 4) is 0 Å². The molecule has 0 radical (unpaired) electrons. The molecule has 0 spiro atoms. The summed E-state index contributed by atoms with van der Waals surface area (Å²) in [7, 11) is -3.78. The van der Waals surface area contributed by atoms with Gasteiger partial charge in [0.15, 0.2) is 0 Å². The smallest absolute Gasteiger partial charge is 0.321 e. The topological polar surface area (TPSA) is 139 Å². The molecule has 10 heteroatoms. The largest absolute Gasteiger partial charge is 0.368 e. The Bertz CT molecular complexity index is 971. The second-order valence-corrected chi connectivity index (χ2v) is 8.30. The van der Waals surface area contributed by atoms with Crippen LogP contribution in [0.4, 0.5) is 10.5 Å². The number of carbonyl (C=O) groups is 2. The number of nitrogens with zero attached hydrogens (tertiary/aromatic N) is 2. The molecular weight excluding hydrogens is 394 g/mol. The highest BCUT2D eigenvalue weighted by atomic mass is 32.2. The molecule has 5 N–H and O–H groups in total. The Morgan fingerprint density at radius 1 is 0.931 bits per heavy atom. The van der Waals surface area contributed by atoms with Crippen molar-refractivity contribution in [2.45, 2.75) is 10.9 Å². The fourth-order valence-electron chi connectivity index (χ4n) is 3.30. The minimum Gasteiger partial charge on any atom is -0.368 e. The van der Waals surface area contributed by atoms with Crippen molar-refractivity contribution in [1.29, 1.82) is 0 Å². The van der Waals surface area contributed by atoms with E-state index in [-0.39, 0.29) is 10.9 Å². The number of urea groups is 1. The minimum atomic E-state index is -3.78. The van der Waals surface area contributed by atoms with Gasteiger partial charge in [0.2, 0.25) is 15.9 Å². The highest BCUT2D eigenvalue weighted by Crippen LogP contribution is 2.22. The van der Waals surface area contributed by atoms with Gasteiger partial charge in [0, 0.05) is 31.9 Å². The number of hydrogen-bond donors (Lipinski definition) is 3. The van der Waals surface area contributed by atoms with Crippen LogP contribution < -0.4 is 16.2 Å². The van der Waals surface area contributed by atoms with E-state index >= 15 is 0 Å². The van der Waals surface area contributed by atoms with Crippen molar-refractivity contribution in [3.05, 3.63) is 60.2 Å². The molecule has 3 rings (SSSR count). The van der Waals surface area contributed by atoms with Crippen molar-refractivity contribution in [3.63, 3.8) is 0 Å². The third-order valence-electron chi connectivity index (χ3n) is 4.79. The average molecular weight is 417 g/mol. The van der Waals surface area contributed by atoms with Gasteiger partial charge in [0.05, 0.1) is 4.90 Å². The third-order valence-corrected chi connectivity index (χ3v) is 5.71. The van der Waals surface area contributed by atoms with Gasteiger partial charge in [-0.05, 0) is 29.8 Å². The van der Waals surface area contributed by atoms with E-state index in [2.05, 4.69) is 5.32 Å². The lowest BCUT2D eigenvalue weighted by Gasteiger charge is -2.38. The van der Waals surface area contributed by atoms with Crippen LogP contribution in [0.2, 0.25) is 0 Å². The Balaban J connectivity index is 1.60. The number of anilines is 1. The Kier molecular flexibility index (Phi) is 6.16. The van der Waals surface area contributed by atoms with E-state index in [1.54, 1.807) is 4.90 Å². The fraction of sp³-hybridized carbons (Fsp3) is 0.263. The summed E-state index contributed by atoms with van der Waals surface area (Å²) < 4.78 is 22.6. The van der Waals surface area contributed by atoms with Crippen molar-refractivity contribution < 1.29 is 18.0 Å². The molecule has 0 unspecified atom stereocenters. The summed E-state index contributed by atoms with van der Waals surface area (Å²) in [6.45, 7) is 1.86. The van der Waals surface area contributed by atoms with Crippen LogP contribution in [0.5, 0.6) is 0 Å². The molecular formula is C19H23N5O4S. The van der Waals surface area contributed by atoms with Crippen LogP contribution >= 0.6 is 0 Å². The Hall–Kier alpha value is -2.95. The molecule has 1 heterocycles. The maximum absolute atomic E-state index is 12.5. The van der Waals surface area contributed by atoms with Crippen LogP contribution in [0.25, 0.3) is 0 Å². The maximum atomic E-state index is 12.5. The Morgan fingerprint density at radius 2 is 1.52 bits per heavy atom. The van der Waals surface area contributed by atoms with Gasteiger partial charge in [-0.25, -0.2) is 18.4 Å². The minimum absolute atomic E-state index is 0.0254. The summed E-state index contributed by atoms with van der Waals surface area (Å²) in [6.07, 6.45) is 0. The molecule has 9 nitrogen and oxygen atoms in total. The molecule has 1 aliphatic rings. The number of hydrogen-bond acceptors (Lipinski definition) is 5. The summed E-state index contributed by atoms with van der Waals surface area (Å²) in [5, 5.41) is 7.79. The van der Waals surface area contributed by atoms with Gasteiger partial charge in [-0.15, -0.1) is 0 Å². The summed E-state index contributed by atoms with van der Waals surface area (Å²) in [5.74, 6) is -0.427. The molecule has 0 aliphatic carbocycles. The quantitative estimate of drug-likeness (QED) is 0.657. The van der Waals surface area contributed by atoms with Gasteiger partial charge in [0.1, 0.15) is 6.04 Å². The lowest BCUT2D eigenvalue weighted by atomic mass is 10.0. The zero-order chi connectivity index (χ0) is 21.0. The molecule has 3 amide bonds. The summed E-state index contributed by atoms with van der Waals surface area (Å²) in [6, 6.07) is 14.1. The molecule has 0 bridgehead atoms. The molecule has 0 saturated carbocycles. The third kappa shape index (κ3) is 5.11. The first-order chi connectivity index (χ1) is 13.8. The summed E-state index contributed by atoms with van der Waals surface area (Å²) >= 11 is 0. The van der Waals surface area contributed by atoms with Gasteiger partial charge in [-0.2, -0.15) is 0 Å². The van der Waals surface area contributed by atoms with Crippen molar-refractivity contribution in [1.82, 2.24) is 9.80 Å². The number of primary amides is 1. The number of amides is 3. The van der Waals surface area contributed by atoms with Crippen LogP contribution in [0, 0.1) is 0 Å². The first kappa shape index (κ1) is 20.8. The SMILES string of the molecule is NC(=O)[C@@H](c1ccccc1)N1CCN(C(=O)Nc2ccc(S(N)(=O)=O)cc2)CC1. The average Bonchev–Trinajstić information content (AvgIpc) is 2.69. The molecule has 1 fully saturated rings. The van der Waals surface area contributed by atoms with E-state index in [0.717, 1.165) is 5.56 Å². The van der Waals surface area contributed by atoms with E-state index < -0.39 is 22.0 Å². The van der Waals surface area contributed by atoms with Crippen LogP contribution in [-0.4, -0.2) is 56.3 Å². The zero-order valence-corrected chi connectivity index (χ0v) is 16.5. The van der Waals surface area contributed by atoms with E-state index in [4.69, 9.17) is 10.9 Å². The van der Waals surface area contributed by atoms with Crippen LogP contribution in [-0.2, 0) is 14.8 Å². The first-order valence-corrected chi connectivity index (χ1v) is 10.6. The monoisotopic (exact) mass is 417 g/mol. The van der Waals surface area contributed by atoms with E-state index in [9.17, 15) is 18.0 Å². The van der Waals surface area contributed by atoms with E-state index in [0.29, 0.717) is 31.9 Å².